The number of amides is 1. The summed E-state index contributed by atoms with van der Waals surface area (Å²) in [6.45, 7) is 4.26. The van der Waals surface area contributed by atoms with Crippen molar-refractivity contribution in [3.8, 4) is 0 Å². The Balaban J connectivity index is 1.47. The van der Waals surface area contributed by atoms with E-state index in [0.717, 1.165) is 51.7 Å². The van der Waals surface area contributed by atoms with Gasteiger partial charge < -0.3 is 10.6 Å². The Labute approximate surface area is 116 Å². The van der Waals surface area contributed by atoms with Crippen LogP contribution in [0.15, 0.2) is 0 Å². The van der Waals surface area contributed by atoms with Gasteiger partial charge in [-0.25, -0.2) is 0 Å². The average Bonchev–Trinajstić information content (AvgIpc) is 2.88. The summed E-state index contributed by atoms with van der Waals surface area (Å²) < 4.78 is 0. The highest BCUT2D eigenvalue weighted by molar-refractivity contribution is 5.76. The van der Waals surface area contributed by atoms with Gasteiger partial charge in [0, 0.05) is 38.1 Å². The van der Waals surface area contributed by atoms with Gasteiger partial charge in [0.05, 0.1) is 0 Å². The van der Waals surface area contributed by atoms with Crippen LogP contribution in [0.3, 0.4) is 0 Å². The largest absolute Gasteiger partial charge is 0.340 e. The molecule has 1 amide bonds. The summed E-state index contributed by atoms with van der Waals surface area (Å²) in [6, 6.07) is 1.03. The normalized spacial score (nSPS) is 36.3. The van der Waals surface area contributed by atoms with Crippen LogP contribution in [-0.4, -0.2) is 54.0 Å². The number of nitrogens with two attached hydrogens (primary N) is 1. The van der Waals surface area contributed by atoms with E-state index < -0.39 is 0 Å². The zero-order valence-corrected chi connectivity index (χ0v) is 11.9. The first-order valence-corrected chi connectivity index (χ1v) is 8.00. The summed E-state index contributed by atoms with van der Waals surface area (Å²) in [7, 11) is 0. The molecule has 4 heteroatoms. The molecule has 0 radical (unpaired) electrons. The summed E-state index contributed by atoms with van der Waals surface area (Å²) >= 11 is 0. The molecule has 1 aliphatic carbocycles. The van der Waals surface area contributed by atoms with Crippen LogP contribution in [0.2, 0.25) is 0 Å². The van der Waals surface area contributed by atoms with E-state index in [1.807, 2.05) is 0 Å². The van der Waals surface area contributed by atoms with Crippen molar-refractivity contribution in [1.29, 1.82) is 0 Å². The number of fused-ring (bicyclic) bond motifs is 1. The fourth-order valence-corrected chi connectivity index (χ4v) is 3.99. The number of carbonyl (C=O) groups is 1. The van der Waals surface area contributed by atoms with Crippen LogP contribution in [-0.2, 0) is 4.79 Å². The minimum absolute atomic E-state index is 0.383. The maximum absolute atomic E-state index is 12.4. The van der Waals surface area contributed by atoms with E-state index in [-0.39, 0.29) is 0 Å². The van der Waals surface area contributed by atoms with E-state index in [1.165, 1.54) is 19.4 Å². The average molecular weight is 265 g/mol. The molecule has 4 nitrogen and oxygen atoms in total. The Hall–Kier alpha value is -0.610. The number of piperazine rings is 1. The van der Waals surface area contributed by atoms with Crippen LogP contribution in [0.1, 0.15) is 44.9 Å². The molecule has 1 unspecified atom stereocenters. The summed E-state index contributed by atoms with van der Waals surface area (Å²) in [5.74, 6) is 0.987. The summed E-state index contributed by atoms with van der Waals surface area (Å²) in [5.41, 5.74) is 5.93. The molecule has 0 aromatic heterocycles. The molecular weight excluding hydrogens is 238 g/mol. The third-order valence-corrected chi connectivity index (χ3v) is 5.29. The van der Waals surface area contributed by atoms with E-state index in [1.54, 1.807) is 0 Å². The first kappa shape index (κ1) is 13.4. The highest BCUT2D eigenvalue weighted by atomic mass is 16.2. The Morgan fingerprint density at radius 2 is 1.84 bits per heavy atom. The van der Waals surface area contributed by atoms with Gasteiger partial charge in [0.1, 0.15) is 0 Å². The van der Waals surface area contributed by atoms with Crippen molar-refractivity contribution in [2.45, 2.75) is 57.0 Å². The summed E-state index contributed by atoms with van der Waals surface area (Å²) in [5, 5.41) is 0. The molecule has 0 bridgehead atoms. The van der Waals surface area contributed by atoms with Crippen LogP contribution in [0.5, 0.6) is 0 Å². The Morgan fingerprint density at radius 1 is 1.05 bits per heavy atom. The molecule has 3 rings (SSSR count). The number of carbonyl (C=O) groups excluding carboxylic acids is 1. The predicted octanol–water partition coefficient (Wildman–Crippen LogP) is 1.20. The van der Waals surface area contributed by atoms with Crippen LogP contribution in [0, 0.1) is 5.92 Å². The van der Waals surface area contributed by atoms with Crippen LogP contribution in [0.25, 0.3) is 0 Å². The standard InChI is InChI=1S/C15H27N3O/c16-13-5-3-12(4-6-13)10-15(19)18-9-8-17-7-1-2-14(17)11-18/h12-14H,1-11,16H2. The van der Waals surface area contributed by atoms with Crippen LogP contribution < -0.4 is 5.73 Å². The van der Waals surface area contributed by atoms with Gasteiger partial charge in [-0.2, -0.15) is 0 Å². The lowest BCUT2D eigenvalue weighted by molar-refractivity contribution is -0.135. The zero-order valence-electron chi connectivity index (χ0n) is 11.9. The van der Waals surface area contributed by atoms with Gasteiger partial charge in [-0.1, -0.05) is 0 Å². The van der Waals surface area contributed by atoms with Gasteiger partial charge in [0.15, 0.2) is 0 Å². The molecule has 0 aromatic rings. The quantitative estimate of drug-likeness (QED) is 0.816. The van der Waals surface area contributed by atoms with Crippen molar-refractivity contribution >= 4 is 5.91 Å². The molecule has 1 atom stereocenters. The molecule has 3 fully saturated rings. The van der Waals surface area contributed by atoms with Gasteiger partial charge in [-0.15, -0.1) is 0 Å². The van der Waals surface area contributed by atoms with E-state index in [9.17, 15) is 4.79 Å². The van der Waals surface area contributed by atoms with Gasteiger partial charge in [0.2, 0.25) is 5.91 Å². The molecule has 3 aliphatic rings. The topological polar surface area (TPSA) is 49.6 Å². The number of rotatable bonds is 2. The molecule has 2 aliphatic heterocycles. The minimum Gasteiger partial charge on any atom is -0.340 e. The molecule has 0 aromatic carbocycles. The lowest BCUT2D eigenvalue weighted by atomic mass is 9.84. The second kappa shape index (κ2) is 5.80. The smallest absolute Gasteiger partial charge is 0.222 e. The van der Waals surface area contributed by atoms with E-state index >= 15 is 0 Å². The summed E-state index contributed by atoms with van der Waals surface area (Å²) in [6.07, 6.45) is 7.87. The number of nitrogens with zero attached hydrogens (tertiary/aromatic N) is 2. The van der Waals surface area contributed by atoms with Crippen molar-refractivity contribution < 1.29 is 4.79 Å². The first-order valence-electron chi connectivity index (χ1n) is 8.00. The first-order chi connectivity index (χ1) is 9.22. The van der Waals surface area contributed by atoms with Gasteiger partial charge in [-0.3, -0.25) is 9.69 Å². The maximum Gasteiger partial charge on any atom is 0.222 e. The lowest BCUT2D eigenvalue weighted by Crippen LogP contribution is -2.52. The molecule has 2 heterocycles. The van der Waals surface area contributed by atoms with Crippen molar-refractivity contribution in [2.75, 3.05) is 26.2 Å². The second-order valence-corrected chi connectivity index (χ2v) is 6.66. The third-order valence-electron chi connectivity index (χ3n) is 5.29. The second-order valence-electron chi connectivity index (χ2n) is 6.66. The Bertz CT molecular complexity index is 325. The van der Waals surface area contributed by atoms with Gasteiger partial charge >= 0.3 is 0 Å². The van der Waals surface area contributed by atoms with Gasteiger partial charge in [-0.05, 0) is 51.0 Å². The number of hydrogen-bond donors (Lipinski definition) is 1. The molecule has 2 saturated heterocycles. The summed E-state index contributed by atoms with van der Waals surface area (Å²) in [4.78, 5) is 17.1. The molecule has 108 valence electrons. The number of hydrogen-bond acceptors (Lipinski definition) is 3. The Kier molecular flexibility index (Phi) is 4.08. The van der Waals surface area contributed by atoms with Gasteiger partial charge in [0.25, 0.3) is 0 Å². The third kappa shape index (κ3) is 3.11. The molecule has 2 N–H and O–H groups in total. The van der Waals surface area contributed by atoms with Crippen molar-refractivity contribution in [2.24, 2.45) is 11.7 Å². The fourth-order valence-electron chi connectivity index (χ4n) is 3.99. The van der Waals surface area contributed by atoms with Crippen molar-refractivity contribution in [3.05, 3.63) is 0 Å². The molecule has 0 spiro atoms. The lowest BCUT2D eigenvalue weighted by Gasteiger charge is -2.38. The SMILES string of the molecule is NC1CCC(CC(=O)N2CCN3CCCC3C2)CC1. The highest BCUT2D eigenvalue weighted by Crippen LogP contribution is 2.28. The van der Waals surface area contributed by atoms with E-state index in [0.29, 0.717) is 23.9 Å². The molecule has 1 saturated carbocycles. The highest BCUT2D eigenvalue weighted by Gasteiger charge is 2.33. The zero-order chi connectivity index (χ0) is 13.2. The van der Waals surface area contributed by atoms with E-state index in [4.69, 9.17) is 5.73 Å². The van der Waals surface area contributed by atoms with Crippen molar-refractivity contribution in [3.63, 3.8) is 0 Å². The molecule has 19 heavy (non-hydrogen) atoms. The monoisotopic (exact) mass is 265 g/mol. The van der Waals surface area contributed by atoms with Crippen LogP contribution >= 0.6 is 0 Å². The molecular formula is C15H27N3O. The van der Waals surface area contributed by atoms with Crippen molar-refractivity contribution in [1.82, 2.24) is 9.80 Å². The van der Waals surface area contributed by atoms with E-state index in [2.05, 4.69) is 9.80 Å². The minimum atomic E-state index is 0.383. The predicted molar refractivity (Wildman–Crippen MR) is 75.7 cm³/mol. The fraction of sp³-hybridized carbons (Fsp3) is 0.933. The van der Waals surface area contributed by atoms with Crippen LogP contribution in [0.4, 0.5) is 0 Å². The Morgan fingerprint density at radius 3 is 2.63 bits per heavy atom. The maximum atomic E-state index is 12.4.